The zero-order chi connectivity index (χ0) is 23.3. The van der Waals surface area contributed by atoms with Crippen LogP contribution in [-0.2, 0) is 16.6 Å². The quantitative estimate of drug-likeness (QED) is 0.492. The number of ether oxygens (including phenoxy) is 1. The van der Waals surface area contributed by atoms with E-state index in [1.165, 1.54) is 52.0 Å². The third-order valence-corrected chi connectivity index (χ3v) is 7.83. The number of rotatable bonds is 9. The molecule has 0 aliphatic rings. The Hall–Kier alpha value is -2.82. The smallest absolute Gasteiger partial charge is 0.267 e. The lowest BCUT2D eigenvalue weighted by Crippen LogP contribution is -2.30. The van der Waals surface area contributed by atoms with E-state index in [1.54, 1.807) is 32.9 Å². The number of hydrogen-bond donors (Lipinski definition) is 1. The van der Waals surface area contributed by atoms with Gasteiger partial charge in [0, 0.05) is 18.8 Å². The first-order chi connectivity index (χ1) is 15.2. The van der Waals surface area contributed by atoms with Gasteiger partial charge in [-0.15, -0.1) is 11.3 Å². The van der Waals surface area contributed by atoms with E-state index in [0.29, 0.717) is 40.1 Å². The lowest BCUT2D eigenvalue weighted by atomic mass is 10.3. The van der Waals surface area contributed by atoms with Gasteiger partial charge in [0.2, 0.25) is 10.0 Å². The second kappa shape index (κ2) is 10.2. The van der Waals surface area contributed by atoms with Crippen molar-refractivity contribution in [1.29, 1.82) is 0 Å². The van der Waals surface area contributed by atoms with Crippen LogP contribution in [0.3, 0.4) is 0 Å². The summed E-state index contributed by atoms with van der Waals surface area (Å²) in [6.07, 6.45) is 0. The highest BCUT2D eigenvalue weighted by Crippen LogP contribution is 2.24. The molecule has 3 rings (SSSR count). The minimum absolute atomic E-state index is 0.119. The van der Waals surface area contributed by atoms with Gasteiger partial charge in [-0.1, -0.05) is 19.9 Å². The fourth-order valence-electron chi connectivity index (χ4n) is 3.04. The van der Waals surface area contributed by atoms with E-state index in [4.69, 9.17) is 4.74 Å². The number of carbonyl (C=O) groups excluding carboxylic acids is 1. The topological polar surface area (TPSA) is 88.6 Å². The largest absolute Gasteiger partial charge is 0.486 e. The number of aryl methyl sites for hydroxylation is 1. The highest BCUT2D eigenvalue weighted by Gasteiger charge is 2.22. The van der Waals surface area contributed by atoms with Crippen molar-refractivity contribution in [3.05, 3.63) is 69.9 Å². The van der Waals surface area contributed by atoms with Crippen LogP contribution in [0.15, 0.2) is 53.4 Å². The van der Waals surface area contributed by atoms with E-state index < -0.39 is 10.0 Å². The highest BCUT2D eigenvalue weighted by atomic mass is 32.2. The van der Waals surface area contributed by atoms with Gasteiger partial charge in [0.15, 0.2) is 0 Å². The minimum Gasteiger partial charge on any atom is -0.486 e. The third kappa shape index (κ3) is 5.50. The number of thiazole rings is 1. The molecule has 170 valence electrons. The summed E-state index contributed by atoms with van der Waals surface area (Å²) < 4.78 is 45.4. The summed E-state index contributed by atoms with van der Waals surface area (Å²) in [5.41, 5.74) is 0.914. The van der Waals surface area contributed by atoms with Gasteiger partial charge in [0.05, 0.1) is 10.6 Å². The number of anilines is 1. The summed E-state index contributed by atoms with van der Waals surface area (Å²) in [7, 11) is -3.63. The van der Waals surface area contributed by atoms with Crippen LogP contribution < -0.4 is 10.1 Å². The first-order valence-electron chi connectivity index (χ1n) is 10.0. The van der Waals surface area contributed by atoms with Crippen LogP contribution in [-0.4, -0.2) is 36.7 Å². The molecule has 1 heterocycles. The number of hydrogen-bond acceptors (Lipinski definition) is 6. The van der Waals surface area contributed by atoms with Crippen molar-refractivity contribution in [1.82, 2.24) is 9.29 Å². The van der Waals surface area contributed by atoms with Gasteiger partial charge in [-0.25, -0.2) is 17.8 Å². The summed E-state index contributed by atoms with van der Waals surface area (Å²) in [5, 5.41) is 3.34. The number of sulfonamides is 1. The molecular weight excluding hydrogens is 453 g/mol. The molecule has 0 aliphatic heterocycles. The maximum Gasteiger partial charge on any atom is 0.267 e. The van der Waals surface area contributed by atoms with Crippen molar-refractivity contribution in [3.63, 3.8) is 0 Å². The normalized spacial score (nSPS) is 11.5. The van der Waals surface area contributed by atoms with Gasteiger partial charge in [-0.3, -0.25) is 4.79 Å². The summed E-state index contributed by atoms with van der Waals surface area (Å²) in [4.78, 5) is 17.7. The zero-order valence-corrected chi connectivity index (χ0v) is 19.6. The van der Waals surface area contributed by atoms with E-state index in [-0.39, 0.29) is 23.2 Å². The van der Waals surface area contributed by atoms with Crippen molar-refractivity contribution < 1.29 is 22.3 Å². The Morgan fingerprint density at radius 1 is 1.16 bits per heavy atom. The van der Waals surface area contributed by atoms with Crippen molar-refractivity contribution in [2.45, 2.75) is 32.3 Å². The second-order valence-corrected chi connectivity index (χ2v) is 9.86. The Labute approximate surface area is 190 Å². The molecular formula is C22H24FN3O4S2. The van der Waals surface area contributed by atoms with Gasteiger partial charge in [-0.2, -0.15) is 4.31 Å². The van der Waals surface area contributed by atoms with Crippen molar-refractivity contribution in [2.24, 2.45) is 0 Å². The average Bonchev–Trinajstić information content (AvgIpc) is 3.15. The monoisotopic (exact) mass is 477 g/mol. The first-order valence-corrected chi connectivity index (χ1v) is 12.3. The molecule has 0 fully saturated rings. The highest BCUT2D eigenvalue weighted by molar-refractivity contribution is 7.89. The fraction of sp³-hybridized carbons (Fsp3) is 0.273. The molecule has 0 atom stereocenters. The van der Waals surface area contributed by atoms with Crippen molar-refractivity contribution in [3.8, 4) is 5.75 Å². The molecule has 0 unspecified atom stereocenters. The zero-order valence-electron chi connectivity index (χ0n) is 18.0. The van der Waals surface area contributed by atoms with E-state index in [0.717, 1.165) is 0 Å². The van der Waals surface area contributed by atoms with E-state index in [1.807, 2.05) is 0 Å². The van der Waals surface area contributed by atoms with Crippen LogP contribution in [0.4, 0.5) is 10.1 Å². The number of amides is 1. The Kier molecular flexibility index (Phi) is 7.60. The number of nitrogens with one attached hydrogen (secondary N) is 1. The van der Waals surface area contributed by atoms with Gasteiger partial charge in [0.25, 0.3) is 5.91 Å². The van der Waals surface area contributed by atoms with Crippen LogP contribution >= 0.6 is 11.3 Å². The summed E-state index contributed by atoms with van der Waals surface area (Å²) in [6, 6.07) is 11.8. The number of halogens is 1. The number of benzene rings is 2. The number of carbonyl (C=O) groups is 1. The van der Waals surface area contributed by atoms with Crippen molar-refractivity contribution in [2.75, 3.05) is 18.4 Å². The maximum absolute atomic E-state index is 13.0. The predicted molar refractivity (Wildman–Crippen MR) is 122 cm³/mol. The molecule has 0 radical (unpaired) electrons. The van der Waals surface area contributed by atoms with E-state index in [9.17, 15) is 17.6 Å². The van der Waals surface area contributed by atoms with Gasteiger partial charge >= 0.3 is 0 Å². The Morgan fingerprint density at radius 3 is 2.50 bits per heavy atom. The predicted octanol–water partition coefficient (Wildman–Crippen LogP) is 4.45. The molecule has 1 N–H and O–H groups in total. The lowest BCUT2D eigenvalue weighted by Gasteiger charge is -2.18. The number of nitrogens with zero attached hydrogens (tertiary/aromatic N) is 2. The average molecular weight is 478 g/mol. The number of aromatic nitrogens is 1. The fourth-order valence-corrected chi connectivity index (χ4v) is 5.41. The van der Waals surface area contributed by atoms with Crippen LogP contribution in [0, 0.1) is 12.7 Å². The molecule has 0 saturated carbocycles. The Bertz CT molecular complexity index is 1190. The van der Waals surface area contributed by atoms with E-state index in [2.05, 4.69) is 10.3 Å². The molecule has 3 aromatic rings. The molecule has 32 heavy (non-hydrogen) atoms. The minimum atomic E-state index is -3.63. The molecule has 0 bridgehead atoms. The molecule has 10 heteroatoms. The third-order valence-electron chi connectivity index (χ3n) is 4.66. The van der Waals surface area contributed by atoms with E-state index >= 15 is 0 Å². The standard InChI is InChI=1S/C22H24FN3O4S2/c1-4-26(5-2)32(28,29)19-8-6-7-17(13-19)25-22(27)21-15(3)24-20(31-21)14-30-18-11-9-16(23)10-12-18/h6-13H,4-5,14H2,1-3H3,(H,25,27). The summed E-state index contributed by atoms with van der Waals surface area (Å²) in [6.45, 7) is 6.12. The van der Waals surface area contributed by atoms with Crippen LogP contribution in [0.5, 0.6) is 5.75 Å². The molecule has 0 aliphatic carbocycles. The van der Waals surface area contributed by atoms with Crippen LogP contribution in [0.1, 0.15) is 34.2 Å². The van der Waals surface area contributed by atoms with Gasteiger partial charge in [-0.05, 0) is 49.4 Å². The second-order valence-electron chi connectivity index (χ2n) is 6.84. The summed E-state index contributed by atoms with van der Waals surface area (Å²) >= 11 is 1.18. The van der Waals surface area contributed by atoms with Gasteiger partial charge < -0.3 is 10.1 Å². The van der Waals surface area contributed by atoms with Crippen LogP contribution in [0.2, 0.25) is 0 Å². The van der Waals surface area contributed by atoms with Crippen molar-refractivity contribution >= 4 is 33.0 Å². The molecule has 2 aromatic carbocycles. The molecule has 0 spiro atoms. The molecule has 1 amide bonds. The Morgan fingerprint density at radius 2 is 1.84 bits per heavy atom. The van der Waals surface area contributed by atoms with Crippen LogP contribution in [0.25, 0.3) is 0 Å². The SMILES string of the molecule is CCN(CC)S(=O)(=O)c1cccc(NC(=O)c2sc(COc3ccc(F)cc3)nc2C)c1. The molecule has 7 nitrogen and oxygen atoms in total. The molecule has 0 saturated heterocycles. The molecule has 1 aromatic heterocycles. The van der Waals surface area contributed by atoms with Gasteiger partial charge in [0.1, 0.15) is 28.1 Å². The first kappa shape index (κ1) is 23.8. The Balaban J connectivity index is 1.72. The lowest BCUT2D eigenvalue weighted by molar-refractivity contribution is 0.102. The summed E-state index contributed by atoms with van der Waals surface area (Å²) in [5.74, 6) is -0.239. The maximum atomic E-state index is 13.0.